The summed E-state index contributed by atoms with van der Waals surface area (Å²) >= 11 is 0. The number of carboxylic acid groups (broad SMARTS) is 1. The summed E-state index contributed by atoms with van der Waals surface area (Å²) in [6, 6.07) is 0. The van der Waals surface area contributed by atoms with Crippen molar-refractivity contribution >= 4 is 16.0 Å². The number of hydrogen-bond donors (Lipinski definition) is 1. The number of piperazine rings is 1. The quantitative estimate of drug-likeness (QED) is 0.745. The van der Waals surface area contributed by atoms with Crippen LogP contribution >= 0.6 is 0 Å². The van der Waals surface area contributed by atoms with Crippen LogP contribution in [0.15, 0.2) is 0 Å². The van der Waals surface area contributed by atoms with Crippen LogP contribution in [-0.2, 0) is 14.8 Å². The normalized spacial score (nSPS) is 21.3. The Labute approximate surface area is 102 Å². The van der Waals surface area contributed by atoms with Gasteiger partial charge < -0.3 is 10.0 Å². The molecule has 1 aliphatic heterocycles. The summed E-state index contributed by atoms with van der Waals surface area (Å²) in [5.74, 6) is -1.29. The lowest BCUT2D eigenvalue weighted by Gasteiger charge is -2.34. The predicted molar refractivity (Wildman–Crippen MR) is 64.3 cm³/mol. The molecule has 1 heterocycles. The van der Waals surface area contributed by atoms with Crippen LogP contribution in [0.1, 0.15) is 20.3 Å². The fraction of sp³-hybridized carbons (Fsp3) is 0.900. The summed E-state index contributed by atoms with van der Waals surface area (Å²) < 4.78 is 25.1. The molecule has 0 aliphatic carbocycles. The Morgan fingerprint density at radius 3 is 2.24 bits per heavy atom. The maximum Gasteiger partial charge on any atom is 0.323 e. The molecule has 1 fully saturated rings. The second-order valence-electron chi connectivity index (χ2n) is 4.27. The van der Waals surface area contributed by atoms with Gasteiger partial charge in [0.05, 0.1) is 0 Å². The van der Waals surface area contributed by atoms with Crippen LogP contribution in [-0.4, -0.2) is 66.7 Å². The van der Waals surface area contributed by atoms with Crippen LogP contribution in [0.5, 0.6) is 0 Å². The first kappa shape index (κ1) is 14.4. The van der Waals surface area contributed by atoms with Gasteiger partial charge in [0.2, 0.25) is 10.0 Å². The number of nitrogens with zero attached hydrogens (tertiary/aromatic N) is 2. The predicted octanol–water partition coefficient (Wildman–Crippen LogP) is -0.183. The van der Waals surface area contributed by atoms with Crippen molar-refractivity contribution in [2.75, 3.05) is 32.7 Å². The lowest BCUT2D eigenvalue weighted by molar-refractivity contribution is -0.136. The summed E-state index contributed by atoms with van der Waals surface area (Å²) in [7, 11) is -3.69. The lowest BCUT2D eigenvalue weighted by Crippen LogP contribution is -2.51. The fourth-order valence-corrected chi connectivity index (χ4v) is 3.25. The third-order valence-electron chi connectivity index (χ3n) is 3.03. The van der Waals surface area contributed by atoms with Crippen molar-refractivity contribution in [1.29, 1.82) is 0 Å². The first-order valence-corrected chi connectivity index (χ1v) is 7.34. The molecule has 100 valence electrons. The molecule has 1 aliphatic rings. The molecule has 0 aromatic heterocycles. The third-order valence-corrected chi connectivity index (χ3v) is 5.21. The number of carboxylic acids is 1. The summed E-state index contributed by atoms with van der Waals surface area (Å²) in [4.78, 5) is 12.9. The molecule has 0 amide bonds. The Balaban J connectivity index is 2.62. The number of rotatable bonds is 5. The van der Waals surface area contributed by atoms with Crippen molar-refractivity contribution in [1.82, 2.24) is 9.21 Å². The van der Waals surface area contributed by atoms with Gasteiger partial charge in [-0.1, -0.05) is 6.92 Å². The third kappa shape index (κ3) is 3.40. The standard InChI is InChI=1S/C10H20N2O4S/c1-3-4-11-5-7-12(8-6-11)17(15,16)9(2)10(13)14/h9H,3-8H2,1-2H3,(H,13,14). The zero-order valence-electron chi connectivity index (χ0n) is 10.3. The van der Waals surface area contributed by atoms with Crippen molar-refractivity contribution in [2.24, 2.45) is 0 Å². The molecule has 0 aromatic rings. The molecule has 17 heavy (non-hydrogen) atoms. The van der Waals surface area contributed by atoms with Gasteiger partial charge in [-0.15, -0.1) is 0 Å². The fourth-order valence-electron chi connectivity index (χ4n) is 1.87. The SMILES string of the molecule is CCCN1CCN(S(=O)(=O)C(C)C(=O)O)CC1. The van der Waals surface area contributed by atoms with Gasteiger partial charge in [0.15, 0.2) is 5.25 Å². The topological polar surface area (TPSA) is 77.9 Å². The highest BCUT2D eigenvalue weighted by atomic mass is 32.2. The highest BCUT2D eigenvalue weighted by Gasteiger charge is 2.35. The Morgan fingerprint density at radius 2 is 1.82 bits per heavy atom. The van der Waals surface area contributed by atoms with Gasteiger partial charge in [0.1, 0.15) is 0 Å². The van der Waals surface area contributed by atoms with Crippen molar-refractivity contribution in [2.45, 2.75) is 25.5 Å². The molecule has 0 radical (unpaired) electrons. The second-order valence-corrected chi connectivity index (χ2v) is 6.52. The maximum atomic E-state index is 11.9. The van der Waals surface area contributed by atoms with Gasteiger partial charge in [-0.05, 0) is 19.9 Å². The van der Waals surface area contributed by atoms with Crippen LogP contribution in [0.3, 0.4) is 0 Å². The highest BCUT2D eigenvalue weighted by Crippen LogP contribution is 2.13. The van der Waals surface area contributed by atoms with E-state index in [1.54, 1.807) is 0 Å². The minimum absolute atomic E-state index is 0.389. The van der Waals surface area contributed by atoms with Crippen LogP contribution in [0.2, 0.25) is 0 Å². The average Bonchev–Trinajstić information content (AvgIpc) is 2.29. The Bertz CT molecular complexity index is 361. The van der Waals surface area contributed by atoms with Gasteiger partial charge in [0.25, 0.3) is 0 Å². The van der Waals surface area contributed by atoms with Gasteiger partial charge in [-0.3, -0.25) is 4.79 Å². The van der Waals surface area contributed by atoms with Gasteiger partial charge in [-0.25, -0.2) is 8.42 Å². The molecule has 1 N–H and O–H groups in total. The Hall–Kier alpha value is -0.660. The lowest BCUT2D eigenvalue weighted by atomic mass is 10.3. The van der Waals surface area contributed by atoms with E-state index in [-0.39, 0.29) is 0 Å². The van der Waals surface area contributed by atoms with E-state index in [2.05, 4.69) is 11.8 Å². The molecular formula is C10H20N2O4S. The van der Waals surface area contributed by atoms with E-state index in [4.69, 9.17) is 5.11 Å². The van der Waals surface area contributed by atoms with Gasteiger partial charge >= 0.3 is 5.97 Å². The maximum absolute atomic E-state index is 11.9. The van der Waals surface area contributed by atoms with E-state index in [0.29, 0.717) is 26.2 Å². The molecule has 1 atom stereocenters. The van der Waals surface area contributed by atoms with Crippen LogP contribution in [0, 0.1) is 0 Å². The Kier molecular flexibility index (Phi) is 4.91. The molecule has 0 saturated carbocycles. The first-order chi connectivity index (χ1) is 7.89. The van der Waals surface area contributed by atoms with Crippen molar-refractivity contribution in [3.05, 3.63) is 0 Å². The van der Waals surface area contributed by atoms with Gasteiger partial charge in [0, 0.05) is 26.2 Å². The summed E-state index contributed by atoms with van der Waals surface area (Å²) in [5.41, 5.74) is 0. The molecule has 0 spiro atoms. The number of aliphatic carboxylic acids is 1. The number of carbonyl (C=O) groups is 1. The summed E-state index contributed by atoms with van der Waals surface area (Å²) in [6.45, 7) is 6.40. The smallest absolute Gasteiger partial charge is 0.323 e. The van der Waals surface area contributed by atoms with Crippen molar-refractivity contribution in [3.8, 4) is 0 Å². The molecule has 0 bridgehead atoms. The largest absolute Gasteiger partial charge is 0.480 e. The second kappa shape index (κ2) is 5.79. The zero-order chi connectivity index (χ0) is 13.1. The average molecular weight is 264 g/mol. The van der Waals surface area contributed by atoms with Gasteiger partial charge in [-0.2, -0.15) is 4.31 Å². The van der Waals surface area contributed by atoms with E-state index in [9.17, 15) is 13.2 Å². The molecule has 7 heteroatoms. The van der Waals surface area contributed by atoms with Crippen LogP contribution < -0.4 is 0 Å². The highest BCUT2D eigenvalue weighted by molar-refractivity contribution is 7.90. The molecule has 1 unspecified atom stereocenters. The zero-order valence-corrected chi connectivity index (χ0v) is 11.1. The minimum Gasteiger partial charge on any atom is -0.480 e. The van der Waals surface area contributed by atoms with E-state index in [1.807, 2.05) is 0 Å². The summed E-state index contributed by atoms with van der Waals surface area (Å²) in [6.07, 6.45) is 1.04. The van der Waals surface area contributed by atoms with E-state index in [0.717, 1.165) is 13.0 Å². The molecule has 6 nitrogen and oxygen atoms in total. The summed E-state index contributed by atoms with van der Waals surface area (Å²) in [5, 5.41) is 7.41. The van der Waals surface area contributed by atoms with E-state index in [1.165, 1.54) is 11.2 Å². The van der Waals surface area contributed by atoms with Crippen molar-refractivity contribution < 1.29 is 18.3 Å². The first-order valence-electron chi connectivity index (χ1n) is 5.83. The molecule has 0 aromatic carbocycles. The Morgan fingerprint density at radius 1 is 1.29 bits per heavy atom. The molecular weight excluding hydrogens is 244 g/mol. The van der Waals surface area contributed by atoms with Crippen LogP contribution in [0.25, 0.3) is 0 Å². The van der Waals surface area contributed by atoms with E-state index < -0.39 is 21.2 Å². The minimum atomic E-state index is -3.69. The molecule has 1 rings (SSSR count). The number of sulfonamides is 1. The molecule has 1 saturated heterocycles. The van der Waals surface area contributed by atoms with Crippen molar-refractivity contribution in [3.63, 3.8) is 0 Å². The van der Waals surface area contributed by atoms with E-state index >= 15 is 0 Å². The van der Waals surface area contributed by atoms with Crippen LogP contribution in [0.4, 0.5) is 0 Å². The monoisotopic (exact) mass is 264 g/mol. The number of hydrogen-bond acceptors (Lipinski definition) is 4.